The predicted molar refractivity (Wildman–Crippen MR) is 81.6 cm³/mol. The van der Waals surface area contributed by atoms with Gasteiger partial charge in [0.05, 0.1) is 0 Å². The molecule has 102 valence electrons. The van der Waals surface area contributed by atoms with Crippen LogP contribution in [-0.2, 0) is 4.79 Å². The van der Waals surface area contributed by atoms with E-state index in [9.17, 15) is 4.79 Å². The van der Waals surface area contributed by atoms with Gasteiger partial charge in [0.15, 0.2) is 0 Å². The molecule has 2 nitrogen and oxygen atoms in total. The molecular weight excluding hydrogens is 246 g/mol. The molecule has 0 bridgehead atoms. The summed E-state index contributed by atoms with van der Waals surface area (Å²) in [6.07, 6.45) is 3.05. The molecule has 2 atom stereocenters. The zero-order valence-corrected chi connectivity index (χ0v) is 11.5. The Hall–Kier alpha value is -2.09. The maximum absolute atomic E-state index is 12.3. The molecule has 20 heavy (non-hydrogen) atoms. The highest BCUT2D eigenvalue weighted by Gasteiger charge is 2.30. The number of amides is 1. The van der Waals surface area contributed by atoms with Crippen LogP contribution in [0.3, 0.4) is 0 Å². The summed E-state index contributed by atoms with van der Waals surface area (Å²) in [4.78, 5) is 12.3. The first-order valence-electron chi connectivity index (χ1n) is 7.24. The average molecular weight is 265 g/mol. The molecule has 1 saturated carbocycles. The van der Waals surface area contributed by atoms with Crippen LogP contribution in [0.2, 0.25) is 0 Å². The Labute approximate surface area is 119 Å². The van der Waals surface area contributed by atoms with Crippen LogP contribution in [0, 0.1) is 5.92 Å². The van der Waals surface area contributed by atoms with Crippen LogP contribution in [0.1, 0.15) is 30.7 Å². The van der Waals surface area contributed by atoms with E-state index in [0.717, 1.165) is 24.9 Å². The van der Waals surface area contributed by atoms with E-state index in [1.54, 1.807) is 0 Å². The summed E-state index contributed by atoms with van der Waals surface area (Å²) in [5.41, 5.74) is 2.25. The Bertz CT molecular complexity index is 564. The molecule has 0 radical (unpaired) electrons. The second-order valence-corrected chi connectivity index (χ2v) is 5.47. The monoisotopic (exact) mass is 265 g/mol. The van der Waals surface area contributed by atoms with Gasteiger partial charge < -0.3 is 5.32 Å². The molecule has 1 amide bonds. The molecule has 1 aliphatic carbocycles. The van der Waals surface area contributed by atoms with Gasteiger partial charge in [-0.25, -0.2) is 0 Å². The third kappa shape index (κ3) is 2.90. The van der Waals surface area contributed by atoms with Gasteiger partial charge in [0, 0.05) is 11.6 Å². The number of para-hydroxylation sites is 1. The van der Waals surface area contributed by atoms with Crippen molar-refractivity contribution < 1.29 is 4.79 Å². The van der Waals surface area contributed by atoms with Gasteiger partial charge >= 0.3 is 0 Å². The molecule has 1 N–H and O–H groups in total. The van der Waals surface area contributed by atoms with Crippen molar-refractivity contribution in [2.24, 2.45) is 5.92 Å². The minimum atomic E-state index is 0.139. The molecule has 0 spiro atoms. The third-order valence-electron chi connectivity index (χ3n) is 4.12. The summed E-state index contributed by atoms with van der Waals surface area (Å²) in [6.45, 7) is 0. The van der Waals surface area contributed by atoms with Crippen LogP contribution >= 0.6 is 0 Å². The van der Waals surface area contributed by atoms with Crippen LogP contribution in [0.5, 0.6) is 0 Å². The third-order valence-corrected chi connectivity index (χ3v) is 4.12. The number of hydrogen-bond acceptors (Lipinski definition) is 1. The smallest absolute Gasteiger partial charge is 0.227 e. The molecule has 0 saturated heterocycles. The molecule has 0 aliphatic heterocycles. The van der Waals surface area contributed by atoms with Crippen LogP contribution in [0.15, 0.2) is 60.7 Å². The molecule has 2 unspecified atom stereocenters. The summed E-state index contributed by atoms with van der Waals surface area (Å²) in [5, 5.41) is 3.02. The molecule has 0 heterocycles. The van der Waals surface area contributed by atoms with Gasteiger partial charge in [0.25, 0.3) is 0 Å². The topological polar surface area (TPSA) is 29.1 Å². The highest BCUT2D eigenvalue weighted by molar-refractivity contribution is 5.92. The Balaban J connectivity index is 1.61. The molecule has 1 aliphatic rings. The lowest BCUT2D eigenvalue weighted by molar-refractivity contribution is -0.119. The largest absolute Gasteiger partial charge is 0.326 e. The summed E-state index contributed by atoms with van der Waals surface area (Å²) < 4.78 is 0. The zero-order chi connectivity index (χ0) is 13.8. The van der Waals surface area contributed by atoms with E-state index in [0.29, 0.717) is 5.92 Å². The molecular formula is C18H19NO. The highest BCUT2D eigenvalue weighted by Crippen LogP contribution is 2.38. The van der Waals surface area contributed by atoms with Crippen LogP contribution in [0.25, 0.3) is 0 Å². The van der Waals surface area contributed by atoms with Crippen molar-refractivity contribution in [1.82, 2.24) is 0 Å². The van der Waals surface area contributed by atoms with Crippen molar-refractivity contribution in [2.45, 2.75) is 25.2 Å². The van der Waals surface area contributed by atoms with Gasteiger partial charge in [-0.3, -0.25) is 4.79 Å². The van der Waals surface area contributed by atoms with E-state index in [-0.39, 0.29) is 11.8 Å². The first-order valence-corrected chi connectivity index (χ1v) is 7.24. The maximum atomic E-state index is 12.3. The molecule has 2 heteroatoms. The van der Waals surface area contributed by atoms with Crippen molar-refractivity contribution >= 4 is 11.6 Å². The van der Waals surface area contributed by atoms with E-state index in [4.69, 9.17) is 0 Å². The summed E-state index contributed by atoms with van der Waals surface area (Å²) in [7, 11) is 0. The number of carbonyl (C=O) groups excluding carboxylic acids is 1. The fraction of sp³-hybridized carbons (Fsp3) is 0.278. The Morgan fingerprint density at radius 1 is 0.900 bits per heavy atom. The molecule has 1 fully saturated rings. The molecule has 2 aromatic rings. The lowest BCUT2D eigenvalue weighted by Gasteiger charge is -2.12. The van der Waals surface area contributed by atoms with E-state index in [2.05, 4.69) is 29.6 Å². The van der Waals surface area contributed by atoms with Gasteiger partial charge in [0.2, 0.25) is 5.91 Å². The second kappa shape index (κ2) is 5.91. The van der Waals surface area contributed by atoms with E-state index < -0.39 is 0 Å². The van der Waals surface area contributed by atoms with Gasteiger partial charge in [-0.15, -0.1) is 0 Å². The van der Waals surface area contributed by atoms with Crippen molar-refractivity contribution in [2.75, 3.05) is 5.32 Å². The number of nitrogens with one attached hydrogen (secondary N) is 1. The highest BCUT2D eigenvalue weighted by atomic mass is 16.1. The lowest BCUT2D eigenvalue weighted by Crippen LogP contribution is -2.20. The standard InChI is InChI=1S/C18H19NO/c20-18(19-17-9-5-2-6-10-17)16-12-11-15(13-16)14-7-3-1-4-8-14/h1-10,15-16H,11-13H2,(H,19,20). The van der Waals surface area contributed by atoms with Crippen molar-refractivity contribution in [1.29, 1.82) is 0 Å². The fourth-order valence-corrected chi connectivity index (χ4v) is 3.01. The Morgan fingerprint density at radius 3 is 2.25 bits per heavy atom. The first kappa shape index (κ1) is 12.9. The minimum absolute atomic E-state index is 0.139. The van der Waals surface area contributed by atoms with Gasteiger partial charge in [-0.1, -0.05) is 48.5 Å². The number of carbonyl (C=O) groups is 1. The number of hydrogen-bond donors (Lipinski definition) is 1. The second-order valence-electron chi connectivity index (χ2n) is 5.47. The summed E-state index contributed by atoms with van der Waals surface area (Å²) in [5.74, 6) is 0.831. The van der Waals surface area contributed by atoms with E-state index >= 15 is 0 Å². The van der Waals surface area contributed by atoms with Crippen molar-refractivity contribution in [3.05, 3.63) is 66.2 Å². The van der Waals surface area contributed by atoms with Gasteiger partial charge in [0.1, 0.15) is 0 Å². The Kier molecular flexibility index (Phi) is 3.82. The number of benzene rings is 2. The SMILES string of the molecule is O=C(Nc1ccccc1)C1CCC(c2ccccc2)C1. The van der Waals surface area contributed by atoms with E-state index in [1.165, 1.54) is 5.56 Å². The van der Waals surface area contributed by atoms with E-state index in [1.807, 2.05) is 36.4 Å². The lowest BCUT2D eigenvalue weighted by atomic mass is 9.96. The molecule has 2 aromatic carbocycles. The predicted octanol–water partition coefficient (Wildman–Crippen LogP) is 4.21. The minimum Gasteiger partial charge on any atom is -0.326 e. The molecule has 3 rings (SSSR count). The maximum Gasteiger partial charge on any atom is 0.227 e. The van der Waals surface area contributed by atoms with Crippen LogP contribution in [0.4, 0.5) is 5.69 Å². The quantitative estimate of drug-likeness (QED) is 0.885. The number of anilines is 1. The average Bonchev–Trinajstić information content (AvgIpc) is 2.99. The normalized spacial score (nSPS) is 21.6. The fourth-order valence-electron chi connectivity index (χ4n) is 3.01. The van der Waals surface area contributed by atoms with Gasteiger partial charge in [-0.05, 0) is 42.9 Å². The zero-order valence-electron chi connectivity index (χ0n) is 11.5. The van der Waals surface area contributed by atoms with Crippen molar-refractivity contribution in [3.63, 3.8) is 0 Å². The van der Waals surface area contributed by atoms with Crippen molar-refractivity contribution in [3.8, 4) is 0 Å². The first-order chi connectivity index (χ1) is 9.83. The van der Waals surface area contributed by atoms with Crippen LogP contribution in [-0.4, -0.2) is 5.91 Å². The Morgan fingerprint density at radius 2 is 1.55 bits per heavy atom. The summed E-state index contributed by atoms with van der Waals surface area (Å²) >= 11 is 0. The van der Waals surface area contributed by atoms with Crippen LogP contribution < -0.4 is 5.32 Å². The molecule has 0 aromatic heterocycles. The summed E-state index contributed by atoms with van der Waals surface area (Å²) in [6, 6.07) is 20.2. The van der Waals surface area contributed by atoms with Gasteiger partial charge in [-0.2, -0.15) is 0 Å². The number of rotatable bonds is 3.